The number of pyridine rings is 1. The Labute approximate surface area is 243 Å². The van der Waals surface area contributed by atoms with E-state index in [0.717, 1.165) is 16.7 Å². The molecule has 0 aliphatic carbocycles. The van der Waals surface area contributed by atoms with E-state index in [1.807, 2.05) is 0 Å². The number of carboxylic acid groups (broad SMARTS) is 1. The predicted octanol–water partition coefficient (Wildman–Crippen LogP) is 2.37. The fourth-order valence-corrected chi connectivity index (χ4v) is 3.72. The van der Waals surface area contributed by atoms with Crippen molar-refractivity contribution in [2.24, 2.45) is 0 Å². The number of hydrogen-bond acceptors (Lipinski definition) is 7. The molecule has 232 valence electrons. The lowest BCUT2D eigenvalue weighted by Crippen LogP contribution is -2.44. The van der Waals surface area contributed by atoms with Crippen LogP contribution in [0, 0.1) is 0 Å². The number of nitrogens with one attached hydrogen (secondary N) is 3. The average molecular weight is 609 g/mol. The van der Waals surface area contributed by atoms with Crippen LogP contribution in [0.1, 0.15) is 43.7 Å². The third kappa shape index (κ3) is 11.8. The van der Waals surface area contributed by atoms with Gasteiger partial charge in [0.15, 0.2) is 0 Å². The number of benzene rings is 1. The summed E-state index contributed by atoms with van der Waals surface area (Å²) < 4.78 is 45.3. The highest BCUT2D eigenvalue weighted by Gasteiger charge is 2.32. The standard InChI is InChI=1S/C28H31F3N4O8/c1-2-43-25(40)12-6-5-10-20(33-22(36)13-14-24(38)39)26(41)34-21-11-7-15-35(27(21)42)17-23(37)32-16-18-8-3-4-9-19(18)28(29,30)31/h3-4,6-9,11-12,15,20H,2,5,10,13-14,16-17H2,1H3,(H,32,37)(H,33,36)(H,34,41)(H,38,39)/b12-6+. The first-order chi connectivity index (χ1) is 20.3. The molecule has 1 heterocycles. The van der Waals surface area contributed by atoms with E-state index in [2.05, 4.69) is 16.0 Å². The number of rotatable bonds is 15. The largest absolute Gasteiger partial charge is 0.481 e. The Morgan fingerprint density at radius 2 is 1.77 bits per heavy atom. The molecular weight excluding hydrogens is 577 g/mol. The molecule has 4 N–H and O–H groups in total. The van der Waals surface area contributed by atoms with Gasteiger partial charge in [0.05, 0.1) is 18.6 Å². The monoisotopic (exact) mass is 608 g/mol. The fourth-order valence-electron chi connectivity index (χ4n) is 3.72. The third-order valence-electron chi connectivity index (χ3n) is 5.77. The van der Waals surface area contributed by atoms with Crippen LogP contribution in [0.2, 0.25) is 0 Å². The van der Waals surface area contributed by atoms with Crippen molar-refractivity contribution in [3.63, 3.8) is 0 Å². The Bertz CT molecular complexity index is 1400. The number of nitrogens with zero attached hydrogens (tertiary/aromatic N) is 1. The number of alkyl halides is 3. The quantitative estimate of drug-likeness (QED) is 0.176. The molecule has 0 bridgehead atoms. The van der Waals surface area contributed by atoms with Crippen LogP contribution >= 0.6 is 0 Å². The van der Waals surface area contributed by atoms with E-state index in [4.69, 9.17) is 9.84 Å². The summed E-state index contributed by atoms with van der Waals surface area (Å²) >= 11 is 0. The van der Waals surface area contributed by atoms with Crippen molar-refractivity contribution >= 4 is 35.3 Å². The van der Waals surface area contributed by atoms with Gasteiger partial charge in [-0.3, -0.25) is 24.0 Å². The molecule has 2 aromatic rings. The van der Waals surface area contributed by atoms with E-state index in [1.165, 1.54) is 42.6 Å². The van der Waals surface area contributed by atoms with Crippen LogP contribution < -0.4 is 21.5 Å². The second-order valence-corrected chi connectivity index (χ2v) is 9.02. The molecule has 1 unspecified atom stereocenters. The number of halogens is 3. The van der Waals surface area contributed by atoms with Crippen LogP contribution in [0.5, 0.6) is 0 Å². The van der Waals surface area contributed by atoms with Crippen molar-refractivity contribution in [2.75, 3.05) is 11.9 Å². The second-order valence-electron chi connectivity index (χ2n) is 9.02. The molecular formula is C28H31F3N4O8. The summed E-state index contributed by atoms with van der Waals surface area (Å²) in [5.41, 5.74) is -2.13. The number of carboxylic acids is 1. The summed E-state index contributed by atoms with van der Waals surface area (Å²) in [6.45, 7) is 0.787. The first-order valence-corrected chi connectivity index (χ1v) is 13.1. The molecule has 12 nitrogen and oxygen atoms in total. The van der Waals surface area contributed by atoms with E-state index >= 15 is 0 Å². The maximum atomic E-state index is 13.2. The van der Waals surface area contributed by atoms with E-state index < -0.39 is 78.9 Å². The Morgan fingerprint density at radius 1 is 1.05 bits per heavy atom. The Hall–Kier alpha value is -4.95. The Morgan fingerprint density at radius 3 is 2.44 bits per heavy atom. The number of anilines is 1. The summed E-state index contributed by atoms with van der Waals surface area (Å²) in [6.07, 6.45) is -1.58. The molecule has 43 heavy (non-hydrogen) atoms. The Kier molecular flexibility index (Phi) is 13.1. The normalized spacial score (nSPS) is 11.9. The molecule has 0 aliphatic heterocycles. The highest BCUT2D eigenvalue weighted by molar-refractivity contribution is 5.97. The number of esters is 1. The van der Waals surface area contributed by atoms with Crippen LogP contribution in [0.25, 0.3) is 0 Å². The zero-order valence-electron chi connectivity index (χ0n) is 23.1. The molecule has 3 amide bonds. The number of amides is 3. The van der Waals surface area contributed by atoms with Gasteiger partial charge in [-0.2, -0.15) is 13.2 Å². The molecule has 0 spiro atoms. The van der Waals surface area contributed by atoms with Gasteiger partial charge in [-0.25, -0.2) is 4.79 Å². The molecule has 0 fully saturated rings. The first kappa shape index (κ1) is 34.3. The van der Waals surface area contributed by atoms with Crippen molar-refractivity contribution in [3.8, 4) is 0 Å². The number of carbonyl (C=O) groups excluding carboxylic acids is 4. The summed E-state index contributed by atoms with van der Waals surface area (Å²) in [4.78, 5) is 72.8. The maximum Gasteiger partial charge on any atom is 0.416 e. The van der Waals surface area contributed by atoms with Gasteiger partial charge in [0.25, 0.3) is 5.56 Å². The maximum absolute atomic E-state index is 13.2. The van der Waals surface area contributed by atoms with Crippen molar-refractivity contribution < 1.29 is 47.0 Å². The van der Waals surface area contributed by atoms with E-state index in [1.54, 1.807) is 6.92 Å². The third-order valence-corrected chi connectivity index (χ3v) is 5.77. The van der Waals surface area contributed by atoms with Crippen molar-refractivity contribution in [1.82, 2.24) is 15.2 Å². The van der Waals surface area contributed by atoms with Crippen LogP contribution in [0.15, 0.2) is 59.5 Å². The molecule has 1 aromatic carbocycles. The molecule has 0 aliphatic rings. The van der Waals surface area contributed by atoms with E-state index in [0.29, 0.717) is 0 Å². The smallest absolute Gasteiger partial charge is 0.416 e. The molecule has 0 saturated carbocycles. The van der Waals surface area contributed by atoms with Gasteiger partial charge in [0.1, 0.15) is 18.3 Å². The van der Waals surface area contributed by atoms with Gasteiger partial charge < -0.3 is 30.4 Å². The minimum absolute atomic E-state index is 0.0244. The zero-order valence-corrected chi connectivity index (χ0v) is 23.1. The minimum Gasteiger partial charge on any atom is -0.481 e. The summed E-state index contributed by atoms with van der Waals surface area (Å²) in [5, 5.41) is 15.9. The van der Waals surface area contributed by atoms with Crippen LogP contribution in [0.3, 0.4) is 0 Å². The van der Waals surface area contributed by atoms with Gasteiger partial charge in [-0.05, 0) is 43.5 Å². The summed E-state index contributed by atoms with van der Waals surface area (Å²) in [7, 11) is 0. The number of hydrogen-bond donors (Lipinski definition) is 4. The summed E-state index contributed by atoms with van der Waals surface area (Å²) in [6, 6.07) is 6.10. The van der Waals surface area contributed by atoms with Gasteiger partial charge in [-0.15, -0.1) is 0 Å². The average Bonchev–Trinajstić information content (AvgIpc) is 2.94. The lowest BCUT2D eigenvalue weighted by molar-refractivity contribution is -0.139. The lowest BCUT2D eigenvalue weighted by atomic mass is 10.1. The van der Waals surface area contributed by atoms with Crippen LogP contribution in [-0.2, 0) is 48.0 Å². The topological polar surface area (TPSA) is 173 Å². The first-order valence-electron chi connectivity index (χ1n) is 13.1. The Balaban J connectivity index is 2.10. The molecule has 15 heteroatoms. The van der Waals surface area contributed by atoms with Crippen LogP contribution in [-0.4, -0.2) is 52.0 Å². The SMILES string of the molecule is CCOC(=O)/C=C/CCC(NC(=O)CCC(=O)O)C(=O)Nc1cccn(CC(=O)NCc2ccccc2C(F)(F)F)c1=O. The molecule has 0 saturated heterocycles. The number of allylic oxidation sites excluding steroid dienone is 1. The van der Waals surface area contributed by atoms with Crippen LogP contribution in [0.4, 0.5) is 18.9 Å². The van der Waals surface area contributed by atoms with Gasteiger partial charge >= 0.3 is 18.1 Å². The number of aliphatic carboxylic acids is 1. The number of carbonyl (C=O) groups is 5. The van der Waals surface area contributed by atoms with Gasteiger partial charge in [0, 0.05) is 25.2 Å². The van der Waals surface area contributed by atoms with Gasteiger partial charge in [-0.1, -0.05) is 24.3 Å². The second kappa shape index (κ2) is 16.5. The number of aromatic nitrogens is 1. The fraction of sp³-hybridized carbons (Fsp3) is 0.357. The minimum atomic E-state index is -4.62. The van der Waals surface area contributed by atoms with Crippen molar-refractivity contribution in [1.29, 1.82) is 0 Å². The lowest BCUT2D eigenvalue weighted by Gasteiger charge is -2.18. The zero-order chi connectivity index (χ0) is 32.0. The van der Waals surface area contributed by atoms with E-state index in [9.17, 15) is 41.9 Å². The number of ether oxygens (including phenoxy) is 1. The molecule has 1 aromatic heterocycles. The van der Waals surface area contributed by atoms with Gasteiger partial charge in [0.2, 0.25) is 17.7 Å². The molecule has 0 radical (unpaired) electrons. The molecule has 1 atom stereocenters. The highest BCUT2D eigenvalue weighted by atomic mass is 19.4. The van der Waals surface area contributed by atoms with E-state index in [-0.39, 0.29) is 30.7 Å². The predicted molar refractivity (Wildman–Crippen MR) is 146 cm³/mol. The molecule has 2 rings (SSSR count). The van der Waals surface area contributed by atoms with Crippen molar-refractivity contribution in [3.05, 3.63) is 76.2 Å². The van der Waals surface area contributed by atoms with Crippen molar-refractivity contribution in [2.45, 2.75) is 57.9 Å². The summed E-state index contributed by atoms with van der Waals surface area (Å²) in [5.74, 6) is -4.14. The highest BCUT2D eigenvalue weighted by Crippen LogP contribution is 2.31.